The predicted molar refractivity (Wildman–Crippen MR) is 129 cm³/mol. The van der Waals surface area contributed by atoms with E-state index in [0.717, 1.165) is 47.6 Å². The molecule has 0 spiro atoms. The zero-order chi connectivity index (χ0) is 22.5. The third kappa shape index (κ3) is 4.62. The van der Waals surface area contributed by atoms with Gasteiger partial charge >= 0.3 is 0 Å². The van der Waals surface area contributed by atoms with Crippen molar-refractivity contribution in [2.45, 2.75) is 25.7 Å². The summed E-state index contributed by atoms with van der Waals surface area (Å²) in [6.07, 6.45) is 5.89. The molecule has 6 nitrogen and oxygen atoms in total. The standard InChI is InChI=1S/C25H26N2O4S/c1-29-17-10-8-16(9-11-17)15-26-25-23(19-6-4-5-7-22(19)32-25)24(28)27-20-14-18(30-2)12-13-21(20)31-3/h8-15H,4-7H2,1-3H3,(H,27,28)/b26-15+. The van der Waals surface area contributed by atoms with Crippen LogP contribution in [0.25, 0.3) is 0 Å². The lowest BCUT2D eigenvalue weighted by Crippen LogP contribution is -2.15. The lowest BCUT2D eigenvalue weighted by molar-refractivity contribution is 0.102. The fraction of sp³-hybridized carbons (Fsp3) is 0.280. The van der Waals surface area contributed by atoms with Gasteiger partial charge in [-0.3, -0.25) is 4.79 Å². The highest BCUT2D eigenvalue weighted by atomic mass is 32.1. The number of aryl methyl sites for hydroxylation is 1. The number of rotatable bonds is 7. The van der Waals surface area contributed by atoms with Crippen LogP contribution in [0.15, 0.2) is 47.5 Å². The number of benzene rings is 2. The first kappa shape index (κ1) is 21.9. The molecule has 166 valence electrons. The highest BCUT2D eigenvalue weighted by Gasteiger charge is 2.26. The van der Waals surface area contributed by atoms with Crippen molar-refractivity contribution in [1.82, 2.24) is 0 Å². The van der Waals surface area contributed by atoms with Gasteiger partial charge in [-0.05, 0) is 73.2 Å². The zero-order valence-electron chi connectivity index (χ0n) is 18.4. The lowest BCUT2D eigenvalue weighted by Gasteiger charge is -2.14. The number of hydrogen-bond acceptors (Lipinski definition) is 6. The Morgan fingerprint density at radius 2 is 1.69 bits per heavy atom. The number of carbonyl (C=O) groups is 1. The van der Waals surface area contributed by atoms with Crippen LogP contribution in [0.5, 0.6) is 17.2 Å². The van der Waals surface area contributed by atoms with Crippen LogP contribution in [0.3, 0.4) is 0 Å². The van der Waals surface area contributed by atoms with Crippen molar-refractivity contribution in [3.8, 4) is 17.2 Å². The van der Waals surface area contributed by atoms with Gasteiger partial charge in [0.25, 0.3) is 5.91 Å². The molecule has 0 bridgehead atoms. The van der Waals surface area contributed by atoms with Crippen molar-refractivity contribution in [3.05, 3.63) is 64.0 Å². The highest BCUT2D eigenvalue weighted by molar-refractivity contribution is 7.16. The first-order valence-corrected chi connectivity index (χ1v) is 11.3. The highest BCUT2D eigenvalue weighted by Crippen LogP contribution is 2.41. The van der Waals surface area contributed by atoms with Crippen molar-refractivity contribution in [3.63, 3.8) is 0 Å². The fourth-order valence-corrected chi connectivity index (χ4v) is 5.03. The monoisotopic (exact) mass is 450 g/mol. The zero-order valence-corrected chi connectivity index (χ0v) is 19.3. The first-order valence-electron chi connectivity index (χ1n) is 10.5. The lowest BCUT2D eigenvalue weighted by atomic mass is 9.95. The molecule has 1 heterocycles. The van der Waals surface area contributed by atoms with Gasteiger partial charge in [-0.15, -0.1) is 11.3 Å². The number of nitrogens with one attached hydrogen (secondary N) is 1. The summed E-state index contributed by atoms with van der Waals surface area (Å²) in [6.45, 7) is 0. The van der Waals surface area contributed by atoms with Gasteiger partial charge in [-0.1, -0.05) is 0 Å². The molecule has 1 N–H and O–H groups in total. The largest absolute Gasteiger partial charge is 0.497 e. The number of ether oxygens (including phenoxy) is 3. The van der Waals surface area contributed by atoms with E-state index in [1.165, 1.54) is 4.88 Å². The molecule has 0 atom stereocenters. The number of amides is 1. The molecule has 1 amide bonds. The van der Waals surface area contributed by atoms with E-state index in [4.69, 9.17) is 19.2 Å². The average Bonchev–Trinajstić information content (AvgIpc) is 3.21. The number of fused-ring (bicyclic) bond motifs is 1. The topological polar surface area (TPSA) is 69.2 Å². The first-order chi connectivity index (χ1) is 15.6. The molecule has 1 aromatic heterocycles. The Kier molecular flexibility index (Phi) is 6.75. The summed E-state index contributed by atoms with van der Waals surface area (Å²) in [5, 5.41) is 3.74. The molecule has 0 saturated carbocycles. The molecule has 2 aromatic carbocycles. The van der Waals surface area contributed by atoms with Crippen LogP contribution < -0.4 is 19.5 Å². The van der Waals surface area contributed by atoms with Gasteiger partial charge in [0.05, 0.1) is 32.6 Å². The number of anilines is 1. The Morgan fingerprint density at radius 1 is 0.969 bits per heavy atom. The molecule has 1 aliphatic rings. The molecule has 0 fully saturated rings. The van der Waals surface area contributed by atoms with Crippen LogP contribution in [-0.2, 0) is 12.8 Å². The van der Waals surface area contributed by atoms with Crippen molar-refractivity contribution in [2.75, 3.05) is 26.6 Å². The molecule has 0 aliphatic heterocycles. The summed E-state index contributed by atoms with van der Waals surface area (Å²) in [4.78, 5) is 19.4. The van der Waals surface area contributed by atoms with Gasteiger partial charge in [0.2, 0.25) is 0 Å². The second-order valence-electron chi connectivity index (χ2n) is 7.44. The van der Waals surface area contributed by atoms with Gasteiger partial charge < -0.3 is 19.5 Å². The third-order valence-corrected chi connectivity index (χ3v) is 6.68. The van der Waals surface area contributed by atoms with Crippen LogP contribution in [0.4, 0.5) is 10.7 Å². The van der Waals surface area contributed by atoms with E-state index >= 15 is 0 Å². The fourth-order valence-electron chi connectivity index (χ4n) is 3.80. The van der Waals surface area contributed by atoms with Gasteiger partial charge in [-0.25, -0.2) is 4.99 Å². The molecular formula is C25H26N2O4S. The van der Waals surface area contributed by atoms with Crippen molar-refractivity contribution in [2.24, 2.45) is 4.99 Å². The van der Waals surface area contributed by atoms with E-state index < -0.39 is 0 Å². The van der Waals surface area contributed by atoms with E-state index in [9.17, 15) is 4.79 Å². The van der Waals surface area contributed by atoms with E-state index in [2.05, 4.69) is 5.32 Å². The van der Waals surface area contributed by atoms with Crippen molar-refractivity contribution >= 4 is 34.1 Å². The van der Waals surface area contributed by atoms with Crippen molar-refractivity contribution in [1.29, 1.82) is 0 Å². The SMILES string of the molecule is COc1ccc(/C=N/c2sc3c(c2C(=O)Nc2cc(OC)ccc2OC)CCCC3)cc1. The van der Waals surface area contributed by atoms with E-state index in [1.807, 2.05) is 24.3 Å². The van der Waals surface area contributed by atoms with Crippen LogP contribution in [0.1, 0.15) is 39.2 Å². The van der Waals surface area contributed by atoms with Crippen molar-refractivity contribution < 1.29 is 19.0 Å². The molecule has 32 heavy (non-hydrogen) atoms. The number of methoxy groups -OCH3 is 3. The molecule has 3 aromatic rings. The van der Waals surface area contributed by atoms with Crippen LogP contribution in [0.2, 0.25) is 0 Å². The van der Waals surface area contributed by atoms with E-state index in [1.54, 1.807) is 57.1 Å². The Morgan fingerprint density at radius 3 is 2.41 bits per heavy atom. The van der Waals surface area contributed by atoms with Crippen LogP contribution >= 0.6 is 11.3 Å². The number of thiophene rings is 1. The maximum atomic E-state index is 13.4. The Labute approximate surface area is 191 Å². The summed E-state index contributed by atoms with van der Waals surface area (Å²) in [7, 11) is 4.81. The van der Waals surface area contributed by atoms with E-state index in [-0.39, 0.29) is 5.91 Å². The molecule has 1 aliphatic carbocycles. The number of nitrogens with zero attached hydrogens (tertiary/aromatic N) is 1. The minimum Gasteiger partial charge on any atom is -0.497 e. The van der Waals surface area contributed by atoms with Gasteiger partial charge in [-0.2, -0.15) is 0 Å². The molecular weight excluding hydrogens is 424 g/mol. The van der Waals surface area contributed by atoms with Crippen LogP contribution in [0, 0.1) is 0 Å². The Balaban J connectivity index is 1.67. The minimum absolute atomic E-state index is 0.183. The maximum absolute atomic E-state index is 13.4. The molecule has 7 heteroatoms. The second-order valence-corrected chi connectivity index (χ2v) is 8.53. The molecule has 0 unspecified atom stereocenters. The van der Waals surface area contributed by atoms with E-state index in [0.29, 0.717) is 22.7 Å². The summed E-state index contributed by atoms with van der Waals surface area (Å²) < 4.78 is 15.9. The minimum atomic E-state index is -0.183. The summed E-state index contributed by atoms with van der Waals surface area (Å²) in [5.41, 5.74) is 3.28. The van der Waals surface area contributed by atoms with Gasteiger partial charge in [0.1, 0.15) is 22.2 Å². The number of carbonyl (C=O) groups excluding carboxylic acids is 1. The maximum Gasteiger partial charge on any atom is 0.259 e. The smallest absolute Gasteiger partial charge is 0.259 e. The molecule has 4 rings (SSSR count). The summed E-state index contributed by atoms with van der Waals surface area (Å²) in [5.74, 6) is 1.83. The molecule has 0 radical (unpaired) electrons. The predicted octanol–water partition coefficient (Wildman–Crippen LogP) is 5.66. The molecule has 0 saturated heterocycles. The Hall–Kier alpha value is -3.32. The quantitative estimate of drug-likeness (QED) is 0.472. The number of aliphatic imine (C=N–C) groups is 1. The normalized spacial score (nSPS) is 13.0. The average molecular weight is 451 g/mol. The van der Waals surface area contributed by atoms with Crippen LogP contribution in [-0.4, -0.2) is 33.5 Å². The summed E-state index contributed by atoms with van der Waals surface area (Å²) >= 11 is 1.61. The Bertz CT molecular complexity index is 1140. The second kappa shape index (κ2) is 9.87. The van der Waals surface area contributed by atoms with Gasteiger partial charge in [0, 0.05) is 17.2 Å². The van der Waals surface area contributed by atoms with Gasteiger partial charge in [0.15, 0.2) is 0 Å². The third-order valence-electron chi connectivity index (χ3n) is 5.48. The summed E-state index contributed by atoms with van der Waals surface area (Å²) in [6, 6.07) is 13.0. The number of hydrogen-bond donors (Lipinski definition) is 1.